The van der Waals surface area contributed by atoms with Crippen molar-refractivity contribution in [2.45, 2.75) is 58.4 Å². The van der Waals surface area contributed by atoms with E-state index < -0.39 is 0 Å². The highest BCUT2D eigenvalue weighted by Gasteiger charge is 2.66. The number of carbonyl (C=O) groups is 2. The topological polar surface area (TPSA) is 83.9 Å². The highest BCUT2D eigenvalue weighted by molar-refractivity contribution is 6.00. The molecule has 3 fully saturated rings. The first kappa shape index (κ1) is 23.1. The van der Waals surface area contributed by atoms with Crippen LogP contribution in [0.1, 0.15) is 57.9 Å². The number of carbonyl (C=O) groups excluding carboxylic acids is 2. The number of benzene rings is 1. The van der Waals surface area contributed by atoms with Gasteiger partial charge in [-0.05, 0) is 67.4 Å². The van der Waals surface area contributed by atoms with E-state index in [9.17, 15) is 14.9 Å². The molecule has 1 unspecified atom stereocenters. The van der Waals surface area contributed by atoms with Gasteiger partial charge in [0.25, 0.3) is 0 Å². The van der Waals surface area contributed by atoms with Crippen LogP contribution in [0, 0.1) is 45.8 Å². The van der Waals surface area contributed by atoms with Gasteiger partial charge in [0, 0.05) is 29.9 Å². The number of rotatable bonds is 4. The molecule has 34 heavy (non-hydrogen) atoms. The van der Waals surface area contributed by atoms with Gasteiger partial charge in [-0.25, -0.2) is 9.28 Å². The van der Waals surface area contributed by atoms with E-state index >= 15 is 0 Å². The molecule has 0 spiro atoms. The van der Waals surface area contributed by atoms with Gasteiger partial charge in [0.15, 0.2) is 5.69 Å². The van der Waals surface area contributed by atoms with Gasteiger partial charge in [-0.3, -0.25) is 4.79 Å². The van der Waals surface area contributed by atoms with Crippen LogP contribution in [0.3, 0.4) is 0 Å². The van der Waals surface area contributed by atoms with Crippen molar-refractivity contribution in [1.82, 2.24) is 4.48 Å². The van der Waals surface area contributed by atoms with E-state index in [1.54, 1.807) is 6.08 Å². The van der Waals surface area contributed by atoms with Gasteiger partial charge in [-0.15, -0.1) is 0 Å². The molecule has 3 aliphatic carbocycles. The zero-order valence-electron chi connectivity index (χ0n) is 20.4. The van der Waals surface area contributed by atoms with Crippen LogP contribution < -0.4 is 10.2 Å². The van der Waals surface area contributed by atoms with Crippen molar-refractivity contribution in [2.75, 3.05) is 6.54 Å². The molecule has 0 aromatic heterocycles. The number of para-hydroxylation sites is 1. The van der Waals surface area contributed by atoms with Crippen LogP contribution in [0.5, 0.6) is 0 Å². The summed E-state index contributed by atoms with van der Waals surface area (Å²) >= 11 is 0. The maximum Gasteiger partial charge on any atom is 0.343 e. The summed E-state index contributed by atoms with van der Waals surface area (Å²) in [7, 11) is 0. The largest absolute Gasteiger partial charge is 0.369 e. The Labute approximate surface area is 202 Å². The second-order valence-electron chi connectivity index (χ2n) is 11.6. The van der Waals surface area contributed by atoms with E-state index in [2.05, 4.69) is 32.6 Å². The summed E-state index contributed by atoms with van der Waals surface area (Å²) in [4.78, 5) is 26.0. The highest BCUT2D eigenvalue weighted by atomic mass is 16.2. The lowest BCUT2D eigenvalue weighted by Crippen LogP contribution is -2.71. The number of nitriles is 1. The molecule has 1 aliphatic heterocycles. The molecule has 0 radical (unpaired) electrons. The molecular formula is C29H36N3O2+. The fourth-order valence-corrected chi connectivity index (χ4v) is 9.03. The molecule has 8 atom stereocenters. The molecule has 178 valence electrons. The lowest BCUT2D eigenvalue weighted by Gasteiger charge is -2.61. The second kappa shape index (κ2) is 7.92. The Kier molecular flexibility index (Phi) is 5.37. The SMILES string of the molecule is C=CC[N+]1(c2ccccc2C#N)C(=O)C=C[C@]2(C)[C@H]3CC[C@]4(C)[C@H](C(N)=O)CC[C@H]4[C@@H]3CC[C@@H]21. The number of amides is 2. The Bertz CT molecular complexity index is 1120. The van der Waals surface area contributed by atoms with Crippen LogP contribution in [0.25, 0.3) is 0 Å². The number of nitrogens with two attached hydrogens (primary N) is 1. The van der Waals surface area contributed by atoms with Gasteiger partial charge < -0.3 is 5.73 Å². The van der Waals surface area contributed by atoms with Crippen LogP contribution in [-0.4, -0.2) is 24.4 Å². The van der Waals surface area contributed by atoms with Crippen molar-refractivity contribution in [3.05, 3.63) is 54.6 Å². The average molecular weight is 459 g/mol. The van der Waals surface area contributed by atoms with Crippen molar-refractivity contribution >= 4 is 17.5 Å². The zero-order valence-corrected chi connectivity index (χ0v) is 20.4. The molecule has 0 saturated heterocycles. The molecule has 1 heterocycles. The molecule has 2 N–H and O–H groups in total. The van der Waals surface area contributed by atoms with Crippen molar-refractivity contribution in [3.63, 3.8) is 0 Å². The fraction of sp³-hybridized carbons (Fsp3) is 0.552. The Morgan fingerprint density at radius 2 is 1.97 bits per heavy atom. The highest BCUT2D eigenvalue weighted by Crippen LogP contribution is 2.66. The summed E-state index contributed by atoms with van der Waals surface area (Å²) in [6, 6.07) is 9.97. The van der Waals surface area contributed by atoms with E-state index in [-0.39, 0.29) is 39.1 Å². The van der Waals surface area contributed by atoms with Crippen LogP contribution in [0.2, 0.25) is 0 Å². The van der Waals surface area contributed by atoms with Crippen LogP contribution in [-0.2, 0) is 9.59 Å². The van der Waals surface area contributed by atoms with Gasteiger partial charge in [0.1, 0.15) is 24.2 Å². The Morgan fingerprint density at radius 3 is 2.68 bits per heavy atom. The minimum atomic E-state index is -0.172. The molecule has 4 aliphatic rings. The van der Waals surface area contributed by atoms with Crippen molar-refractivity contribution in [3.8, 4) is 6.07 Å². The lowest BCUT2D eigenvalue weighted by molar-refractivity contribution is -0.141. The maximum absolute atomic E-state index is 13.8. The van der Waals surface area contributed by atoms with Gasteiger partial charge in [-0.2, -0.15) is 5.26 Å². The standard InChI is InChI=1S/C29H35N3O2/c1-4-17-32(24-8-6-5-7-19(24)18-30)25-12-9-20-21-10-11-23(27(31)34)28(21,2)15-13-22(20)29(25,3)16-14-26(32)33/h4-8,14,16,20-23,25H,1,9-13,15,17H2,2-3H3,(H-,31,34)/p+1/t20-,21-,22-,23-,25-,28-,29+,32?/m0/s1. The van der Waals surface area contributed by atoms with Gasteiger partial charge in [-0.1, -0.05) is 38.6 Å². The zero-order chi connectivity index (χ0) is 24.3. The summed E-state index contributed by atoms with van der Waals surface area (Å²) in [5.41, 5.74) is 7.02. The average Bonchev–Trinajstić information content (AvgIpc) is 3.19. The minimum Gasteiger partial charge on any atom is -0.369 e. The van der Waals surface area contributed by atoms with E-state index in [1.165, 1.54) is 0 Å². The third-order valence-electron chi connectivity index (χ3n) is 10.5. The number of hydrogen-bond acceptors (Lipinski definition) is 3. The first-order chi connectivity index (χ1) is 16.2. The quantitative estimate of drug-likeness (QED) is 0.516. The minimum absolute atomic E-state index is 0.00906. The third kappa shape index (κ3) is 2.88. The van der Waals surface area contributed by atoms with Crippen LogP contribution in [0.15, 0.2) is 49.1 Å². The van der Waals surface area contributed by atoms with Gasteiger partial charge >= 0.3 is 5.91 Å². The first-order valence-electron chi connectivity index (χ1n) is 12.8. The maximum atomic E-state index is 13.8. The molecular weight excluding hydrogens is 422 g/mol. The second-order valence-corrected chi connectivity index (χ2v) is 11.6. The Hall–Kier alpha value is -2.71. The summed E-state index contributed by atoms with van der Waals surface area (Å²) in [6.07, 6.45) is 11.8. The van der Waals surface area contributed by atoms with Gasteiger partial charge in [0.05, 0.1) is 0 Å². The number of nitrogens with zero attached hydrogens (tertiary/aromatic N) is 2. The summed E-state index contributed by atoms with van der Waals surface area (Å²) < 4.78 is 0.148. The Morgan fingerprint density at radius 1 is 1.21 bits per heavy atom. The lowest BCUT2D eigenvalue weighted by atomic mass is 9.47. The molecule has 5 heteroatoms. The monoisotopic (exact) mass is 458 g/mol. The summed E-state index contributed by atoms with van der Waals surface area (Å²) in [6.45, 7) is 9.13. The first-order valence-corrected chi connectivity index (χ1v) is 12.8. The molecule has 1 aromatic rings. The van der Waals surface area contributed by atoms with Crippen LogP contribution >= 0.6 is 0 Å². The molecule has 5 nitrogen and oxygen atoms in total. The summed E-state index contributed by atoms with van der Waals surface area (Å²) in [5.74, 6) is 1.35. The predicted octanol–water partition coefficient (Wildman–Crippen LogP) is 4.86. The molecule has 1 aromatic carbocycles. The number of quaternary nitrogens is 1. The number of fused-ring (bicyclic) bond motifs is 5. The number of primary amides is 1. The van der Waals surface area contributed by atoms with Gasteiger partial charge in [0.2, 0.25) is 5.91 Å². The molecule has 2 amide bonds. The smallest absolute Gasteiger partial charge is 0.343 e. The Balaban J connectivity index is 1.60. The fourth-order valence-electron chi connectivity index (χ4n) is 9.03. The molecule has 0 bridgehead atoms. The third-order valence-corrected chi connectivity index (χ3v) is 10.5. The van der Waals surface area contributed by atoms with Crippen molar-refractivity contribution in [2.24, 2.45) is 40.2 Å². The van der Waals surface area contributed by atoms with E-state index in [4.69, 9.17) is 5.73 Å². The van der Waals surface area contributed by atoms with E-state index in [1.807, 2.05) is 30.3 Å². The van der Waals surface area contributed by atoms with E-state index in [0.717, 1.165) is 44.2 Å². The summed E-state index contributed by atoms with van der Waals surface area (Å²) in [5, 5.41) is 9.91. The molecule has 3 saturated carbocycles. The van der Waals surface area contributed by atoms with Crippen molar-refractivity contribution < 1.29 is 9.59 Å². The van der Waals surface area contributed by atoms with E-state index in [0.29, 0.717) is 29.9 Å². The molecule has 5 rings (SSSR count). The van der Waals surface area contributed by atoms with Crippen LogP contribution in [0.4, 0.5) is 5.69 Å². The van der Waals surface area contributed by atoms with Crippen molar-refractivity contribution in [1.29, 1.82) is 5.26 Å². The normalized spacial score (nSPS) is 42.7. The predicted molar refractivity (Wildman–Crippen MR) is 133 cm³/mol. The number of hydrogen-bond donors (Lipinski definition) is 1.